The van der Waals surface area contributed by atoms with E-state index in [1.165, 1.54) is 155 Å². The zero-order chi connectivity index (χ0) is 79.2. The Hall–Kier alpha value is -13.4. The molecule has 0 aliphatic carbocycles. The van der Waals surface area contributed by atoms with Crippen molar-refractivity contribution >= 4 is 70.9 Å². The monoisotopic (exact) mass is 1520 g/mol. The Morgan fingerprint density at radius 3 is 0.709 bits per heavy atom. The summed E-state index contributed by atoms with van der Waals surface area (Å²) in [6.45, 7) is 2.89. The molecule has 6 aliphatic heterocycles. The molecule has 0 aromatic carbocycles. The molecule has 0 saturated carbocycles. The largest absolute Gasteiger partial charge is 0.489 e. The van der Waals surface area contributed by atoms with Crippen LogP contribution in [0.1, 0.15) is 64.2 Å². The third kappa shape index (κ3) is 27.2. The van der Waals surface area contributed by atoms with Crippen molar-refractivity contribution in [3.8, 4) is 34.5 Å². The van der Waals surface area contributed by atoms with Gasteiger partial charge in [-0.25, -0.2) is 29.9 Å². The van der Waals surface area contributed by atoms with Crippen molar-refractivity contribution in [3.63, 3.8) is 0 Å². The quantitative estimate of drug-likeness (QED) is 0.0178. The van der Waals surface area contributed by atoms with Crippen LogP contribution in [0.15, 0.2) is 183 Å². The summed E-state index contributed by atoms with van der Waals surface area (Å²) in [5.41, 5.74) is 0. The molecular weight excluding hydrogens is 1450 g/mol. The highest BCUT2D eigenvalue weighted by molar-refractivity contribution is 6.15. The molecule has 576 valence electrons. The summed E-state index contributed by atoms with van der Waals surface area (Å²) in [5.74, 6) is -8.23. The Bertz CT molecular complexity index is 4360. The van der Waals surface area contributed by atoms with E-state index in [9.17, 15) is 83.9 Å². The molecule has 30 nitrogen and oxygen atoms in total. The van der Waals surface area contributed by atoms with Gasteiger partial charge in [-0.05, 0) is 124 Å². The van der Waals surface area contributed by atoms with Gasteiger partial charge in [0.25, 0.3) is 107 Å². The van der Waals surface area contributed by atoms with E-state index in [-0.39, 0.29) is 120 Å². The molecule has 36 heteroatoms. The maximum absolute atomic E-state index is 13.2. The van der Waals surface area contributed by atoms with Gasteiger partial charge in [0.2, 0.25) is 5.75 Å². The van der Waals surface area contributed by atoms with Crippen LogP contribution in [0, 0.1) is 35.7 Å². The molecule has 0 saturated heterocycles. The lowest BCUT2D eigenvalue weighted by molar-refractivity contribution is -0.163. The topological polar surface area (TPSA) is 357 Å². The molecule has 6 aromatic heterocycles. The van der Waals surface area contributed by atoms with E-state index < -0.39 is 47.5 Å². The van der Waals surface area contributed by atoms with Gasteiger partial charge in [-0.1, -0.05) is 17.9 Å². The molecule has 6 aromatic rings. The number of rotatable bonds is 32. The minimum atomic E-state index is -0.884. The number of hydrogen-bond donors (Lipinski definition) is 0. The number of amides is 12. The summed E-state index contributed by atoms with van der Waals surface area (Å²) in [6, 6.07) is 18.1. The third-order valence-corrected chi connectivity index (χ3v) is 15.0. The van der Waals surface area contributed by atoms with E-state index in [1.807, 2.05) is 0 Å². The first-order chi connectivity index (χ1) is 53.1. The highest BCUT2D eigenvalue weighted by atomic mass is 18.2. The van der Waals surface area contributed by atoms with E-state index in [1.54, 1.807) is 30.3 Å². The van der Waals surface area contributed by atoms with Gasteiger partial charge in [-0.2, -0.15) is 26.3 Å². The van der Waals surface area contributed by atoms with E-state index in [2.05, 4.69) is 29.9 Å². The molecular formula is C74H70F6N12O18. The second-order valence-corrected chi connectivity index (χ2v) is 22.7. The maximum Gasteiger partial charge on any atom is 0.287 e. The molecule has 0 radical (unpaired) electrons. The Morgan fingerprint density at radius 2 is 0.427 bits per heavy atom. The Labute approximate surface area is 623 Å². The highest BCUT2D eigenvalue weighted by Crippen LogP contribution is 2.21. The van der Waals surface area contributed by atoms with Gasteiger partial charge in [0, 0.05) is 136 Å². The molecule has 0 bridgehead atoms. The van der Waals surface area contributed by atoms with Gasteiger partial charge >= 0.3 is 0 Å². The summed E-state index contributed by atoms with van der Waals surface area (Å²) in [5, 5.41) is 0.458. The number of carbonyl (C=O) groups excluding carboxylic acids is 12. The zero-order valence-corrected chi connectivity index (χ0v) is 58.4. The lowest BCUT2D eigenvalue weighted by Gasteiger charge is -2.14. The number of hydrogen-bond acceptors (Lipinski definition) is 24. The van der Waals surface area contributed by atoms with Crippen LogP contribution in [-0.4, -0.2) is 196 Å². The Balaban J connectivity index is 0.000000184. The molecule has 110 heavy (non-hydrogen) atoms. The average molecular weight is 1520 g/mol. The first-order valence-corrected chi connectivity index (χ1v) is 33.8. The van der Waals surface area contributed by atoms with Crippen LogP contribution in [0.4, 0.5) is 26.3 Å². The molecule has 6 aliphatic rings. The number of imide groups is 6. The van der Waals surface area contributed by atoms with Crippen molar-refractivity contribution in [3.05, 3.63) is 219 Å². The average Bonchev–Trinajstić information content (AvgIpc) is 1.68. The summed E-state index contributed by atoms with van der Waals surface area (Å²) in [6.07, 6.45) is 29.7. The van der Waals surface area contributed by atoms with Gasteiger partial charge in [-0.15, -0.1) is 0 Å². The molecule has 0 atom stereocenters. The Kier molecular flexibility index (Phi) is 33.9. The van der Waals surface area contributed by atoms with Crippen molar-refractivity contribution in [1.29, 1.82) is 0 Å². The van der Waals surface area contributed by atoms with Crippen LogP contribution in [0.5, 0.6) is 34.5 Å². The molecule has 0 spiro atoms. The first-order valence-electron chi connectivity index (χ1n) is 33.8. The summed E-state index contributed by atoms with van der Waals surface area (Å²) < 4.78 is 105. The summed E-state index contributed by atoms with van der Waals surface area (Å²) >= 11 is 0. The van der Waals surface area contributed by atoms with Crippen LogP contribution in [0.2, 0.25) is 0 Å². The SMILES string of the molecule is O=C1C=CC(=O)N1CCCCCCOc1cccnc1[18F].O=C1C=CC(=O)N1CCCCCOc1cccnc1[18F].O=C1C=CC(=O)N1CCCCOc1cccnc1[18F].O=C1C=CC(=O)N1CCCOc1cccnc1[18F].O=C1C=CC(=O)N1CCOc1cccnc1[18F].O=C1C=CC(=O)N1Oc1cccnc1[18F]. The number of ether oxygens (including phenoxy) is 5. The van der Waals surface area contributed by atoms with Gasteiger partial charge in [0.1, 0.15) is 6.61 Å². The van der Waals surface area contributed by atoms with Gasteiger partial charge < -0.3 is 28.5 Å². The zero-order valence-electron chi connectivity index (χ0n) is 58.4. The standard InChI is InChI=1S/C15H17FN2O3.C14H15FN2O3.C13H13FN2O3.C12H11FN2O3.C11H9FN2O3.C9H5FN2O3/c16-15-12(6-5-9-17-15)21-11-4-2-1-3-10-18-13(19)7-8-14(18)20;15-14-11(5-4-8-16-14)20-10-3-1-2-9-17-12(18)6-7-13(17)19;14-13-10(4-3-7-15-13)19-9-2-1-8-16-11(17)5-6-12(16)18;13-12-9(3-1-6-14-12)18-8-2-7-15-10(16)4-5-11(15)17;12-11-8(2-1-5-13-11)17-7-6-14-9(15)3-4-10(14)16;10-9-6(2-1-5-11-9)15-12-7(13)3-4-8(12)14/h5-9H,1-4,10-11H2;4-8H,1-3,9-10H2;3-7H,1-2,8-9H2;1,3-6H,2,7-8H2;1-5H,6-7H2;1-5H/i16-1;15-1;14-1;13-1;12-1;10-1. The van der Waals surface area contributed by atoms with Crippen molar-refractivity contribution in [2.24, 2.45) is 0 Å². The third-order valence-electron chi connectivity index (χ3n) is 15.0. The maximum atomic E-state index is 13.2. The molecule has 12 heterocycles. The number of hydroxylamine groups is 2. The second kappa shape index (κ2) is 44.5. The predicted molar refractivity (Wildman–Crippen MR) is 370 cm³/mol. The number of nitrogens with zero attached hydrogens (tertiary/aromatic N) is 12. The minimum absolute atomic E-state index is 0.000413. The summed E-state index contributed by atoms with van der Waals surface area (Å²) in [4.78, 5) is 166. The second-order valence-electron chi connectivity index (χ2n) is 22.7. The van der Waals surface area contributed by atoms with Gasteiger partial charge in [0.15, 0.2) is 28.7 Å². The minimum Gasteiger partial charge on any atom is -0.489 e. The first kappa shape index (κ1) is 83.8. The van der Waals surface area contributed by atoms with Gasteiger partial charge in [-0.3, -0.25) is 82.0 Å². The van der Waals surface area contributed by atoms with E-state index in [0.717, 1.165) is 60.5 Å². The number of halogens is 6. The van der Waals surface area contributed by atoms with Gasteiger partial charge in [0.05, 0.1) is 33.0 Å². The normalized spacial score (nSPS) is 14.3. The lowest BCUT2D eigenvalue weighted by atomic mass is 10.2. The predicted octanol–water partition coefficient (Wildman–Crippen LogP) is 6.96. The molecule has 12 amide bonds. The van der Waals surface area contributed by atoms with Crippen molar-refractivity contribution in [2.45, 2.75) is 64.2 Å². The lowest BCUT2D eigenvalue weighted by Crippen LogP contribution is -2.33. The Morgan fingerprint density at radius 1 is 0.227 bits per heavy atom. The van der Waals surface area contributed by atoms with Crippen LogP contribution < -0.4 is 28.5 Å². The van der Waals surface area contributed by atoms with Crippen molar-refractivity contribution in [2.75, 3.05) is 65.8 Å². The number of unbranched alkanes of at least 4 members (excludes halogenated alkanes) is 6. The van der Waals surface area contributed by atoms with Crippen LogP contribution in [0.25, 0.3) is 0 Å². The molecule has 0 unspecified atom stereocenters. The fourth-order valence-corrected chi connectivity index (χ4v) is 9.51. The molecule has 0 N–H and O–H groups in total. The van der Waals surface area contributed by atoms with Crippen LogP contribution in [-0.2, 0) is 57.5 Å². The van der Waals surface area contributed by atoms with Crippen LogP contribution in [0.3, 0.4) is 0 Å². The van der Waals surface area contributed by atoms with E-state index in [4.69, 9.17) is 28.5 Å². The molecule has 12 rings (SSSR count). The van der Waals surface area contributed by atoms with Crippen molar-refractivity contribution < 1.29 is 112 Å². The fourth-order valence-electron chi connectivity index (χ4n) is 9.51. The van der Waals surface area contributed by atoms with E-state index >= 15 is 0 Å². The summed E-state index contributed by atoms with van der Waals surface area (Å²) in [7, 11) is 0. The van der Waals surface area contributed by atoms with Crippen LogP contribution >= 0.6 is 0 Å². The molecule has 0 fully saturated rings. The fraction of sp³-hybridized carbons (Fsp3) is 0.270. The number of carbonyl (C=O) groups is 12. The number of pyridine rings is 6. The smallest absolute Gasteiger partial charge is 0.287 e. The van der Waals surface area contributed by atoms with Crippen molar-refractivity contribution in [1.82, 2.24) is 59.5 Å². The highest BCUT2D eigenvalue weighted by Gasteiger charge is 2.29. The number of aromatic nitrogens is 6. The van der Waals surface area contributed by atoms with E-state index in [0.29, 0.717) is 70.2 Å².